The second-order valence-electron chi connectivity index (χ2n) is 37.2. The third kappa shape index (κ3) is 34.5. The van der Waals surface area contributed by atoms with E-state index in [1.807, 2.05) is 42.5 Å². The summed E-state index contributed by atoms with van der Waals surface area (Å²) in [6.07, 6.45) is 1.21. The first kappa shape index (κ1) is 111. The van der Waals surface area contributed by atoms with Crippen LogP contribution in [0.4, 0.5) is 26.3 Å². The Kier molecular flexibility index (Phi) is 39.9. The molecule has 704 valence electrons. The summed E-state index contributed by atoms with van der Waals surface area (Å²) in [6.45, 7) is 40.3. The number of benzene rings is 13. The molecule has 10 nitrogen and oxygen atoms in total. The summed E-state index contributed by atoms with van der Waals surface area (Å²) < 4.78 is 161. The Morgan fingerprint density at radius 3 is 0.477 bits per heavy atom. The standard InChI is InChI=1S/2C30H39S.C24H19OS.C18H15S.C4H4F6O3S.2CH4O3S.ClH/c2*1-28(2,3)22-10-16-25(17-11-22)31(26-18-12-23(13-19-26)29(4,5)6)27-20-14-24(15-21-27)30(7,8)9;1-4-10-20(11-5-1)25-21-16-18-24(19-17-21)26(22-12-6-2-7-13-22)23-14-8-3-9-15-23;1-4-10-16(11-5-1)19(17-12-6-2-7-13-17)18-14-8-3-9-15-18;1-2(5,6)3(7,8)4(9,10)14(11,12)13;2*1-5(2,3)4;/h2*10-21H,1-9H3;1-19H;1-15H;1H3,(H,11,12,13);2*1H3,(H,2,3,4);1H/q4*+1;;;;/p-4. The van der Waals surface area contributed by atoms with Gasteiger partial charge in [-0.15, -0.1) is 0 Å². The second kappa shape index (κ2) is 47.2. The zero-order valence-electron chi connectivity index (χ0n) is 78.6. The highest BCUT2D eigenvalue weighted by Crippen LogP contribution is 2.48. The summed E-state index contributed by atoms with van der Waals surface area (Å²) >= 11 is 0. The molecule has 0 radical (unpaired) electrons. The molecule has 0 aromatic heterocycles. The second-order valence-corrected chi connectivity index (χ2v) is 49.5. The molecule has 0 bridgehead atoms. The van der Waals surface area contributed by atoms with Crippen molar-refractivity contribution in [3.05, 3.63) is 385 Å². The Hall–Kier alpha value is -9.34. The molecule has 132 heavy (non-hydrogen) atoms. The van der Waals surface area contributed by atoms with Crippen molar-refractivity contribution in [2.45, 2.75) is 240 Å². The molecule has 13 aromatic carbocycles. The zero-order chi connectivity index (χ0) is 97.6. The Morgan fingerprint density at radius 1 is 0.220 bits per heavy atom. The molecule has 13 rings (SSSR count). The molecule has 0 aliphatic rings. The summed E-state index contributed by atoms with van der Waals surface area (Å²) in [5.74, 6) is -9.87. The van der Waals surface area contributed by atoms with Gasteiger partial charge < -0.3 is 30.8 Å². The van der Waals surface area contributed by atoms with Crippen LogP contribution in [0.3, 0.4) is 0 Å². The first-order valence-electron chi connectivity index (χ1n) is 42.2. The van der Waals surface area contributed by atoms with Crippen LogP contribution in [0.15, 0.2) is 411 Å². The Balaban J connectivity index is 0.000000252. The molecule has 0 N–H and O–H groups in total. The lowest BCUT2D eigenvalue weighted by Crippen LogP contribution is -3.00. The molecule has 0 aliphatic heterocycles. The van der Waals surface area contributed by atoms with Crippen molar-refractivity contribution in [2.75, 3.05) is 12.5 Å². The van der Waals surface area contributed by atoms with Crippen molar-refractivity contribution < 1.29 is 82.4 Å². The lowest BCUT2D eigenvalue weighted by molar-refractivity contribution is -0.273. The van der Waals surface area contributed by atoms with Gasteiger partial charge in [-0.1, -0.05) is 307 Å². The van der Waals surface area contributed by atoms with Gasteiger partial charge in [0.25, 0.3) is 0 Å². The first-order valence-corrected chi connectivity index (χ1v) is 52.2. The van der Waals surface area contributed by atoms with Crippen LogP contribution in [0.1, 0.15) is 165 Å². The van der Waals surface area contributed by atoms with Gasteiger partial charge in [0.1, 0.15) is 11.5 Å². The number of alkyl halides is 6. The predicted octanol–water partition coefficient (Wildman–Crippen LogP) is 25.4. The van der Waals surface area contributed by atoms with Gasteiger partial charge in [0.15, 0.2) is 68.9 Å². The first-order chi connectivity index (χ1) is 60.6. The molecule has 0 fully saturated rings. The van der Waals surface area contributed by atoms with E-state index >= 15 is 0 Å². The van der Waals surface area contributed by atoms with Crippen LogP contribution in [0.5, 0.6) is 11.5 Å². The maximum absolute atomic E-state index is 12.1. The van der Waals surface area contributed by atoms with E-state index in [9.17, 15) is 39.3 Å². The molecule has 0 aliphatic carbocycles. The van der Waals surface area contributed by atoms with Crippen LogP contribution in [-0.4, -0.2) is 68.5 Å². The van der Waals surface area contributed by atoms with E-state index in [-0.39, 0.29) is 88.5 Å². The van der Waals surface area contributed by atoms with Crippen molar-refractivity contribution in [3.63, 3.8) is 0 Å². The summed E-state index contributed by atoms with van der Waals surface area (Å²) in [4.78, 5) is 16.2. The smallest absolute Gasteiger partial charge is 0.402 e. The number of halogens is 7. The number of para-hydroxylation sites is 1. The van der Waals surface area contributed by atoms with Gasteiger partial charge in [0.05, 0.1) is 63.8 Å². The lowest BCUT2D eigenvalue weighted by atomic mass is 9.87. The SMILES string of the molecule is CC(C)(C)c1ccc([S+](c2ccc(C(C)(C)C)cc2)c2ccc(C(C)(C)C)cc2)cc1.CC(C)(C)c1ccc([S+](c2ccc(C(C)(C)C)cc2)c2ccc(C(C)(C)C)cc2)cc1.CC(F)(F)C(F)(F)C(F)(F)S(=O)(=O)[O-].CS(=O)(=O)[O-].CS(=O)(=O)[O-].[Cl-].c1ccc(Oc2ccc([S+](c3ccccc3)c3ccccc3)cc2)cc1.c1ccc([S+](c2ccccc2)c2ccccc2)cc1. The van der Waals surface area contributed by atoms with Crippen LogP contribution < -0.4 is 17.1 Å². The minimum absolute atomic E-state index is 0. The van der Waals surface area contributed by atoms with Gasteiger partial charge in [-0.25, -0.2) is 25.3 Å². The fourth-order valence-electron chi connectivity index (χ4n) is 12.6. The zero-order valence-corrected chi connectivity index (χ0v) is 85.0. The Morgan fingerprint density at radius 2 is 0.348 bits per heavy atom. The molecule has 13 aromatic rings. The maximum atomic E-state index is 12.1. The molecule has 0 amide bonds. The lowest BCUT2D eigenvalue weighted by Gasteiger charge is -2.31. The van der Waals surface area contributed by atoms with Gasteiger partial charge in [0, 0.05) is 19.4 Å². The summed E-state index contributed by atoms with van der Waals surface area (Å²) in [5.41, 5.74) is 9.28. The van der Waals surface area contributed by atoms with Crippen molar-refractivity contribution in [2.24, 2.45) is 0 Å². The largest absolute Gasteiger partial charge is 1.00 e. The van der Waals surface area contributed by atoms with Gasteiger partial charge >= 0.3 is 17.1 Å². The Bertz CT molecular complexity index is 5400. The normalized spacial score (nSPS) is 12.3. The molecule has 0 atom stereocenters. The molecule has 0 spiro atoms. The quantitative estimate of drug-likeness (QED) is 0.0483. The highest BCUT2D eigenvalue weighted by atomic mass is 35.5. The van der Waals surface area contributed by atoms with Crippen LogP contribution in [0, 0.1) is 0 Å². The topological polar surface area (TPSA) is 181 Å². The van der Waals surface area contributed by atoms with Gasteiger partial charge in [-0.3, -0.25) is 0 Å². The third-order valence-electron chi connectivity index (χ3n) is 19.9. The highest BCUT2D eigenvalue weighted by molar-refractivity contribution is 7.98. The third-order valence-corrected chi connectivity index (χ3v) is 29.7. The molecule has 0 saturated heterocycles. The van der Waals surface area contributed by atoms with E-state index < -0.39 is 54.4 Å². The minimum Gasteiger partial charge on any atom is -1.00 e. The van der Waals surface area contributed by atoms with E-state index in [1.165, 1.54) is 92.1 Å². The van der Waals surface area contributed by atoms with Gasteiger partial charge in [-0.05, 0) is 236 Å². The average Bonchev–Trinajstić information content (AvgIpc) is 0.748. The predicted molar refractivity (Wildman–Crippen MR) is 526 cm³/mol. The number of rotatable bonds is 17. The number of hydrogen-bond acceptors (Lipinski definition) is 10. The van der Waals surface area contributed by atoms with E-state index in [1.54, 1.807) is 0 Å². The van der Waals surface area contributed by atoms with E-state index in [2.05, 4.69) is 434 Å². The fraction of sp³-hybridized carbons (Fsp3) is 0.278. The molecule has 24 heteroatoms. The summed E-state index contributed by atoms with van der Waals surface area (Å²) in [7, 11) is -15.1. The van der Waals surface area contributed by atoms with Crippen LogP contribution in [-0.2, 0) is 106 Å². The average molecular weight is 1950 g/mol. The summed E-state index contributed by atoms with van der Waals surface area (Å²) in [6, 6.07) is 127. The number of hydrogen-bond donors (Lipinski definition) is 0. The summed E-state index contributed by atoms with van der Waals surface area (Å²) in [5, 5.41) is -6.35. The van der Waals surface area contributed by atoms with Crippen LogP contribution >= 0.6 is 0 Å². The van der Waals surface area contributed by atoms with Crippen molar-refractivity contribution >= 4 is 73.9 Å². The van der Waals surface area contributed by atoms with E-state index in [0.29, 0.717) is 12.5 Å². The Labute approximate surface area is 799 Å². The molecule has 0 unspecified atom stereocenters. The number of ether oxygens (including phenoxy) is 1. The van der Waals surface area contributed by atoms with Crippen LogP contribution in [0.2, 0.25) is 0 Å². The maximum Gasteiger partial charge on any atom is 0.402 e. The van der Waals surface area contributed by atoms with Gasteiger partial charge in [-0.2, -0.15) is 26.3 Å². The van der Waals surface area contributed by atoms with Crippen molar-refractivity contribution in [3.8, 4) is 11.5 Å². The van der Waals surface area contributed by atoms with Crippen molar-refractivity contribution in [1.82, 2.24) is 0 Å². The molecule has 0 heterocycles. The molecule has 0 saturated carbocycles. The monoisotopic (exact) mass is 1950 g/mol. The fourth-order valence-corrected chi connectivity index (χ4v) is 21.4. The highest BCUT2D eigenvalue weighted by Gasteiger charge is 2.73. The van der Waals surface area contributed by atoms with E-state index in [0.717, 1.165) is 11.5 Å². The molecular weight excluding hydrogens is 1830 g/mol. The van der Waals surface area contributed by atoms with Crippen LogP contribution in [0.25, 0.3) is 0 Å². The van der Waals surface area contributed by atoms with Gasteiger partial charge in [0.2, 0.25) is 0 Å². The minimum atomic E-state index is -6.86. The van der Waals surface area contributed by atoms with Crippen molar-refractivity contribution in [1.29, 1.82) is 0 Å². The van der Waals surface area contributed by atoms with E-state index in [4.69, 9.17) is 30.7 Å². The molecular formula is C108H121ClF6O10S7.